The van der Waals surface area contributed by atoms with Gasteiger partial charge in [-0.3, -0.25) is 14.2 Å². The average Bonchev–Trinajstić information content (AvgIpc) is 3.23. The first-order chi connectivity index (χ1) is 12.7. The third kappa shape index (κ3) is 2.89. The molecule has 0 aliphatic carbocycles. The molecule has 0 bridgehead atoms. The largest absolute Gasteiger partial charge is 0.385 e. The van der Waals surface area contributed by atoms with Crippen LogP contribution in [-0.2, 0) is 22.6 Å². The monoisotopic (exact) mass is 372 g/mol. The molecule has 1 N–H and O–H groups in total. The molecule has 1 aromatic carbocycles. The third-order valence-electron chi connectivity index (χ3n) is 4.53. The van der Waals surface area contributed by atoms with Crippen LogP contribution in [0.25, 0.3) is 21.9 Å². The van der Waals surface area contributed by atoms with Crippen molar-refractivity contribution in [1.82, 2.24) is 19.4 Å². The summed E-state index contributed by atoms with van der Waals surface area (Å²) in [6, 6.07) is 7.72. The van der Waals surface area contributed by atoms with Crippen LogP contribution in [0.3, 0.4) is 0 Å². The van der Waals surface area contributed by atoms with Gasteiger partial charge in [-0.25, -0.2) is 4.98 Å². The first-order valence-electron chi connectivity index (χ1n) is 8.61. The van der Waals surface area contributed by atoms with E-state index in [1.807, 2.05) is 24.3 Å². The lowest BCUT2D eigenvalue weighted by Gasteiger charge is -2.09. The van der Waals surface area contributed by atoms with E-state index in [1.54, 1.807) is 28.0 Å². The molecule has 0 saturated heterocycles. The van der Waals surface area contributed by atoms with E-state index in [0.717, 1.165) is 28.2 Å². The second-order valence-corrected chi connectivity index (χ2v) is 7.26. The van der Waals surface area contributed by atoms with Crippen LogP contribution in [0.5, 0.6) is 0 Å². The van der Waals surface area contributed by atoms with Gasteiger partial charge in [0.1, 0.15) is 17.6 Å². The predicted molar refractivity (Wildman–Crippen MR) is 102 cm³/mol. The minimum Gasteiger partial charge on any atom is -0.385 e. The Morgan fingerprint density at radius 3 is 3.08 bits per heavy atom. The normalized spacial score (nSPS) is 13.4. The molecule has 7 nitrogen and oxygen atoms in total. The van der Waals surface area contributed by atoms with Crippen LogP contribution in [0.2, 0.25) is 0 Å². The summed E-state index contributed by atoms with van der Waals surface area (Å²) < 4.78 is 8.49. The number of aromatic nitrogens is 3. The first-order valence-corrected chi connectivity index (χ1v) is 9.59. The van der Waals surface area contributed by atoms with E-state index in [1.165, 1.54) is 0 Å². The number of hydrogen-bond acceptors (Lipinski definition) is 5. The van der Waals surface area contributed by atoms with E-state index in [0.29, 0.717) is 30.7 Å². The average molecular weight is 372 g/mol. The number of methoxy groups -OCH3 is 1. The molecule has 0 unspecified atom stereocenters. The number of fused-ring (bicyclic) bond motifs is 4. The van der Waals surface area contributed by atoms with Gasteiger partial charge in [0.15, 0.2) is 5.16 Å². The van der Waals surface area contributed by atoms with Gasteiger partial charge >= 0.3 is 0 Å². The summed E-state index contributed by atoms with van der Waals surface area (Å²) in [5.74, 6) is 0.732. The van der Waals surface area contributed by atoms with Crippen molar-refractivity contribution in [2.45, 2.75) is 24.7 Å². The number of nitrogens with one attached hydrogen (secondary N) is 1. The summed E-state index contributed by atoms with van der Waals surface area (Å²) in [7, 11) is 1.64. The lowest BCUT2D eigenvalue weighted by atomic mass is 10.2. The van der Waals surface area contributed by atoms with Crippen molar-refractivity contribution in [3.05, 3.63) is 34.6 Å². The number of nitrogens with zero attached hydrogens (tertiary/aromatic N) is 3. The minimum atomic E-state index is -0.122. The number of carbonyl (C=O) groups excluding carboxylic acids is 1. The Bertz CT molecular complexity index is 1040. The highest BCUT2D eigenvalue weighted by Crippen LogP contribution is 2.29. The van der Waals surface area contributed by atoms with Gasteiger partial charge in [-0.1, -0.05) is 30.0 Å². The summed E-state index contributed by atoms with van der Waals surface area (Å²) in [5.41, 5.74) is 1.97. The second-order valence-electron chi connectivity index (χ2n) is 6.20. The Hall–Kier alpha value is -2.32. The van der Waals surface area contributed by atoms with Crippen molar-refractivity contribution >= 4 is 39.6 Å². The quantitative estimate of drug-likeness (QED) is 0.525. The summed E-state index contributed by atoms with van der Waals surface area (Å²) in [4.78, 5) is 30.1. The Kier molecular flexibility index (Phi) is 4.69. The molecule has 3 heterocycles. The fraction of sp³-hybridized carbons (Fsp3) is 0.389. The zero-order valence-corrected chi connectivity index (χ0v) is 15.3. The van der Waals surface area contributed by atoms with Crippen LogP contribution in [-0.4, -0.2) is 46.0 Å². The fourth-order valence-corrected chi connectivity index (χ4v) is 4.27. The fourth-order valence-electron chi connectivity index (χ4n) is 3.33. The number of amides is 1. The molecule has 1 aliphatic rings. The predicted octanol–water partition coefficient (Wildman–Crippen LogP) is 1.61. The maximum absolute atomic E-state index is 13.0. The van der Waals surface area contributed by atoms with Crippen LogP contribution in [0.15, 0.2) is 34.2 Å². The van der Waals surface area contributed by atoms with Crippen LogP contribution >= 0.6 is 11.8 Å². The van der Waals surface area contributed by atoms with Gasteiger partial charge in [0.25, 0.3) is 5.56 Å². The van der Waals surface area contributed by atoms with E-state index in [-0.39, 0.29) is 18.0 Å². The molecule has 3 aromatic rings. The standard InChI is InChI=1S/C18H20N4O3S/c1-25-9-4-7-19-14(23)11-22-13-6-3-2-5-12(13)15-16(22)17(24)21-8-10-26-18(21)20-15/h2-3,5-6H,4,7-11H2,1H3,(H,19,23). The molecule has 0 radical (unpaired) electrons. The Morgan fingerprint density at radius 2 is 2.23 bits per heavy atom. The first kappa shape index (κ1) is 17.1. The molecule has 8 heteroatoms. The van der Waals surface area contributed by atoms with Crippen molar-refractivity contribution in [3.8, 4) is 0 Å². The molecule has 1 aliphatic heterocycles. The van der Waals surface area contributed by atoms with Gasteiger partial charge in [-0.05, 0) is 12.5 Å². The Morgan fingerprint density at radius 1 is 1.38 bits per heavy atom. The number of hydrogen-bond donors (Lipinski definition) is 1. The summed E-state index contributed by atoms with van der Waals surface area (Å²) in [5, 5.41) is 4.55. The van der Waals surface area contributed by atoms with E-state index < -0.39 is 0 Å². The molecule has 26 heavy (non-hydrogen) atoms. The van der Waals surface area contributed by atoms with E-state index in [2.05, 4.69) is 5.32 Å². The molecule has 0 fully saturated rings. The van der Waals surface area contributed by atoms with E-state index in [9.17, 15) is 9.59 Å². The highest BCUT2D eigenvalue weighted by molar-refractivity contribution is 7.99. The molecular formula is C18H20N4O3S. The third-order valence-corrected chi connectivity index (χ3v) is 5.48. The number of para-hydroxylation sites is 1. The van der Waals surface area contributed by atoms with Gasteiger partial charge in [-0.2, -0.15) is 0 Å². The highest BCUT2D eigenvalue weighted by atomic mass is 32.2. The van der Waals surface area contributed by atoms with Crippen LogP contribution in [0.1, 0.15) is 6.42 Å². The van der Waals surface area contributed by atoms with Crippen molar-refractivity contribution in [2.75, 3.05) is 26.0 Å². The summed E-state index contributed by atoms with van der Waals surface area (Å²) in [6.45, 7) is 1.91. The Balaban J connectivity index is 1.77. The van der Waals surface area contributed by atoms with Crippen LogP contribution in [0.4, 0.5) is 0 Å². The van der Waals surface area contributed by atoms with Gasteiger partial charge in [0.05, 0.1) is 5.52 Å². The number of benzene rings is 1. The minimum absolute atomic E-state index is 0.0709. The number of ether oxygens (including phenoxy) is 1. The topological polar surface area (TPSA) is 78.2 Å². The van der Waals surface area contributed by atoms with Gasteiger partial charge in [0, 0.05) is 37.9 Å². The SMILES string of the molecule is COCCCNC(=O)Cn1c2ccccc2c2nc3n(c(=O)c21)CCS3. The maximum Gasteiger partial charge on any atom is 0.278 e. The van der Waals surface area contributed by atoms with Gasteiger partial charge in [-0.15, -0.1) is 0 Å². The highest BCUT2D eigenvalue weighted by Gasteiger charge is 2.23. The number of carbonyl (C=O) groups is 1. The molecule has 0 spiro atoms. The zero-order valence-electron chi connectivity index (χ0n) is 14.5. The number of thioether (sulfide) groups is 1. The lowest BCUT2D eigenvalue weighted by Crippen LogP contribution is -2.30. The van der Waals surface area contributed by atoms with E-state index in [4.69, 9.17) is 9.72 Å². The summed E-state index contributed by atoms with van der Waals surface area (Å²) in [6.07, 6.45) is 0.754. The van der Waals surface area contributed by atoms with Crippen molar-refractivity contribution in [3.63, 3.8) is 0 Å². The van der Waals surface area contributed by atoms with Gasteiger partial charge in [0.2, 0.25) is 5.91 Å². The zero-order chi connectivity index (χ0) is 18.1. The second kappa shape index (κ2) is 7.13. The van der Waals surface area contributed by atoms with E-state index >= 15 is 0 Å². The Labute approximate surface area is 154 Å². The molecule has 136 valence electrons. The number of rotatable bonds is 6. The smallest absolute Gasteiger partial charge is 0.278 e. The molecule has 1 amide bonds. The maximum atomic E-state index is 13.0. The molecule has 2 aromatic heterocycles. The van der Waals surface area contributed by atoms with Crippen molar-refractivity contribution in [1.29, 1.82) is 0 Å². The summed E-state index contributed by atoms with van der Waals surface area (Å²) >= 11 is 1.60. The molecule has 0 saturated carbocycles. The van der Waals surface area contributed by atoms with Crippen LogP contribution < -0.4 is 10.9 Å². The lowest BCUT2D eigenvalue weighted by molar-refractivity contribution is -0.121. The van der Waals surface area contributed by atoms with Crippen LogP contribution in [0, 0.1) is 0 Å². The molecule has 4 rings (SSSR count). The van der Waals surface area contributed by atoms with Crippen molar-refractivity contribution in [2.24, 2.45) is 0 Å². The van der Waals surface area contributed by atoms with Gasteiger partial charge < -0.3 is 14.6 Å². The molecule has 0 atom stereocenters. The molecular weight excluding hydrogens is 352 g/mol. The van der Waals surface area contributed by atoms with Crippen molar-refractivity contribution < 1.29 is 9.53 Å².